The van der Waals surface area contributed by atoms with Gasteiger partial charge in [0.25, 0.3) is 0 Å². The SMILES string of the molecule is CCCC1CCN(c2cc(F)cc(/C=C/C(=O)O)c2)CC1. The second kappa shape index (κ2) is 7.25. The molecule has 4 heteroatoms. The summed E-state index contributed by atoms with van der Waals surface area (Å²) in [4.78, 5) is 12.7. The van der Waals surface area contributed by atoms with Gasteiger partial charge in [0.2, 0.25) is 0 Å². The molecular weight excluding hydrogens is 269 g/mol. The van der Waals surface area contributed by atoms with E-state index in [-0.39, 0.29) is 5.82 Å². The van der Waals surface area contributed by atoms with Crippen LogP contribution in [0.1, 0.15) is 38.2 Å². The van der Waals surface area contributed by atoms with Crippen molar-refractivity contribution >= 4 is 17.7 Å². The fourth-order valence-corrected chi connectivity index (χ4v) is 2.93. The third kappa shape index (κ3) is 4.59. The van der Waals surface area contributed by atoms with Gasteiger partial charge in [0, 0.05) is 24.9 Å². The van der Waals surface area contributed by atoms with Crippen LogP contribution < -0.4 is 4.90 Å². The standard InChI is InChI=1S/C17H22FNO2/c1-2-3-13-6-8-19(9-7-13)16-11-14(4-5-17(20)21)10-15(18)12-16/h4-5,10-13H,2-3,6-9H2,1H3,(H,20,21)/b5-4+. The number of piperidine rings is 1. The molecule has 1 heterocycles. The van der Waals surface area contributed by atoms with E-state index in [0.29, 0.717) is 5.56 Å². The minimum Gasteiger partial charge on any atom is -0.478 e. The number of benzene rings is 1. The molecule has 0 atom stereocenters. The first-order valence-electron chi connectivity index (χ1n) is 7.55. The smallest absolute Gasteiger partial charge is 0.328 e. The third-order valence-corrected chi connectivity index (χ3v) is 4.00. The van der Waals surface area contributed by atoms with E-state index in [9.17, 15) is 9.18 Å². The summed E-state index contributed by atoms with van der Waals surface area (Å²) in [5, 5.41) is 8.65. The van der Waals surface area contributed by atoms with Gasteiger partial charge in [-0.05, 0) is 48.6 Å². The Bertz CT molecular complexity index is 520. The molecule has 0 saturated carbocycles. The van der Waals surface area contributed by atoms with Crippen molar-refractivity contribution < 1.29 is 14.3 Å². The highest BCUT2D eigenvalue weighted by Gasteiger charge is 2.19. The highest BCUT2D eigenvalue weighted by Crippen LogP contribution is 2.27. The van der Waals surface area contributed by atoms with Crippen molar-refractivity contribution in [1.82, 2.24) is 0 Å². The van der Waals surface area contributed by atoms with E-state index >= 15 is 0 Å². The van der Waals surface area contributed by atoms with E-state index in [4.69, 9.17) is 5.11 Å². The largest absolute Gasteiger partial charge is 0.478 e. The molecule has 0 aliphatic carbocycles. The molecule has 1 aromatic rings. The number of anilines is 1. The third-order valence-electron chi connectivity index (χ3n) is 4.00. The zero-order valence-electron chi connectivity index (χ0n) is 12.4. The molecule has 0 aromatic heterocycles. The molecule has 1 aromatic carbocycles. The minimum atomic E-state index is -1.03. The Balaban J connectivity index is 2.08. The Morgan fingerprint density at radius 1 is 1.38 bits per heavy atom. The molecule has 21 heavy (non-hydrogen) atoms. The van der Waals surface area contributed by atoms with E-state index < -0.39 is 5.97 Å². The zero-order chi connectivity index (χ0) is 15.2. The molecule has 0 amide bonds. The summed E-state index contributed by atoms with van der Waals surface area (Å²) in [7, 11) is 0. The quantitative estimate of drug-likeness (QED) is 0.835. The number of halogens is 1. The van der Waals surface area contributed by atoms with Crippen LogP contribution in [0.5, 0.6) is 0 Å². The van der Waals surface area contributed by atoms with E-state index in [0.717, 1.165) is 43.6 Å². The van der Waals surface area contributed by atoms with Crippen molar-refractivity contribution in [3.05, 3.63) is 35.7 Å². The van der Waals surface area contributed by atoms with Gasteiger partial charge in [0.05, 0.1) is 0 Å². The number of nitrogens with zero attached hydrogens (tertiary/aromatic N) is 1. The average Bonchev–Trinajstić information content (AvgIpc) is 2.46. The molecule has 0 spiro atoms. The van der Waals surface area contributed by atoms with Crippen molar-refractivity contribution in [3.63, 3.8) is 0 Å². The number of rotatable bonds is 5. The number of aliphatic carboxylic acids is 1. The Hall–Kier alpha value is -1.84. The van der Waals surface area contributed by atoms with Crippen LogP contribution in [0.4, 0.5) is 10.1 Å². The summed E-state index contributed by atoms with van der Waals surface area (Å²) in [6.07, 6.45) is 7.23. The van der Waals surface area contributed by atoms with Crippen LogP contribution >= 0.6 is 0 Å². The average molecular weight is 291 g/mol. The van der Waals surface area contributed by atoms with Gasteiger partial charge in [0.1, 0.15) is 5.82 Å². The van der Waals surface area contributed by atoms with Crippen molar-refractivity contribution in [2.24, 2.45) is 5.92 Å². The maximum atomic E-state index is 13.7. The first-order valence-corrected chi connectivity index (χ1v) is 7.55. The summed E-state index contributed by atoms with van der Waals surface area (Å²) < 4.78 is 13.7. The van der Waals surface area contributed by atoms with Gasteiger partial charge in [-0.3, -0.25) is 0 Å². The Labute approximate surface area is 125 Å². The summed E-state index contributed by atoms with van der Waals surface area (Å²) in [5.41, 5.74) is 1.43. The van der Waals surface area contributed by atoms with Crippen molar-refractivity contribution in [2.45, 2.75) is 32.6 Å². The van der Waals surface area contributed by atoms with Crippen LogP contribution in [0.2, 0.25) is 0 Å². The lowest BCUT2D eigenvalue weighted by molar-refractivity contribution is -0.131. The fourth-order valence-electron chi connectivity index (χ4n) is 2.93. The summed E-state index contributed by atoms with van der Waals surface area (Å²) >= 11 is 0. The van der Waals surface area contributed by atoms with Gasteiger partial charge >= 0.3 is 5.97 Å². The maximum Gasteiger partial charge on any atom is 0.328 e. The lowest BCUT2D eigenvalue weighted by Crippen LogP contribution is -2.33. The summed E-state index contributed by atoms with van der Waals surface area (Å²) in [5.74, 6) is -0.569. The molecule has 3 nitrogen and oxygen atoms in total. The topological polar surface area (TPSA) is 40.5 Å². The number of hydrogen-bond acceptors (Lipinski definition) is 2. The van der Waals surface area contributed by atoms with Crippen molar-refractivity contribution in [1.29, 1.82) is 0 Å². The van der Waals surface area contributed by atoms with Gasteiger partial charge in [-0.25, -0.2) is 9.18 Å². The number of carboxylic acids is 1. The van der Waals surface area contributed by atoms with Gasteiger partial charge in [-0.15, -0.1) is 0 Å². The normalized spacial score (nSPS) is 16.6. The van der Waals surface area contributed by atoms with E-state index in [2.05, 4.69) is 11.8 Å². The fraction of sp³-hybridized carbons (Fsp3) is 0.471. The van der Waals surface area contributed by atoms with Gasteiger partial charge in [-0.2, -0.15) is 0 Å². The maximum absolute atomic E-state index is 13.7. The molecular formula is C17H22FNO2. The van der Waals surface area contributed by atoms with Gasteiger partial charge < -0.3 is 10.0 Å². The monoisotopic (exact) mass is 291 g/mol. The van der Waals surface area contributed by atoms with Crippen LogP contribution in [0.15, 0.2) is 24.3 Å². The van der Waals surface area contributed by atoms with Crippen LogP contribution in [0.3, 0.4) is 0 Å². The second-order valence-corrected chi connectivity index (χ2v) is 5.63. The highest BCUT2D eigenvalue weighted by atomic mass is 19.1. The van der Waals surface area contributed by atoms with Gasteiger partial charge in [-0.1, -0.05) is 19.8 Å². The molecule has 1 saturated heterocycles. The molecule has 1 aliphatic heterocycles. The molecule has 0 radical (unpaired) electrons. The van der Waals surface area contributed by atoms with Crippen LogP contribution in [-0.2, 0) is 4.79 Å². The van der Waals surface area contributed by atoms with E-state index in [1.807, 2.05) is 6.07 Å². The Kier molecular flexibility index (Phi) is 5.37. The Morgan fingerprint density at radius 2 is 2.10 bits per heavy atom. The number of carbonyl (C=O) groups is 1. The van der Waals surface area contributed by atoms with E-state index in [1.54, 1.807) is 0 Å². The predicted molar refractivity (Wildman–Crippen MR) is 82.9 cm³/mol. The first kappa shape index (κ1) is 15.5. The molecule has 0 bridgehead atoms. The lowest BCUT2D eigenvalue weighted by Gasteiger charge is -2.33. The van der Waals surface area contributed by atoms with Gasteiger partial charge in [0.15, 0.2) is 0 Å². The van der Waals surface area contributed by atoms with Crippen LogP contribution in [0, 0.1) is 11.7 Å². The number of hydrogen-bond donors (Lipinski definition) is 1. The van der Waals surface area contributed by atoms with Crippen LogP contribution in [0.25, 0.3) is 6.08 Å². The van der Waals surface area contributed by atoms with Crippen molar-refractivity contribution in [2.75, 3.05) is 18.0 Å². The van der Waals surface area contributed by atoms with Crippen LogP contribution in [-0.4, -0.2) is 24.2 Å². The molecule has 2 rings (SSSR count). The van der Waals surface area contributed by atoms with Crippen molar-refractivity contribution in [3.8, 4) is 0 Å². The molecule has 0 unspecified atom stereocenters. The lowest BCUT2D eigenvalue weighted by atomic mass is 9.92. The molecule has 1 aliphatic rings. The summed E-state index contributed by atoms with van der Waals surface area (Å²) in [6, 6.07) is 4.73. The van der Waals surface area contributed by atoms with E-state index in [1.165, 1.54) is 31.1 Å². The highest BCUT2D eigenvalue weighted by molar-refractivity contribution is 5.85. The second-order valence-electron chi connectivity index (χ2n) is 5.63. The zero-order valence-corrected chi connectivity index (χ0v) is 12.4. The number of carboxylic acid groups (broad SMARTS) is 1. The first-order chi connectivity index (χ1) is 10.1. The molecule has 114 valence electrons. The molecule has 1 N–H and O–H groups in total. The summed E-state index contributed by atoms with van der Waals surface area (Å²) in [6.45, 7) is 4.09. The minimum absolute atomic E-state index is 0.326. The molecule has 1 fully saturated rings. The Morgan fingerprint density at radius 3 is 2.71 bits per heavy atom. The predicted octanol–water partition coefficient (Wildman–Crippen LogP) is 3.94.